The van der Waals surface area contributed by atoms with Gasteiger partial charge in [-0.25, -0.2) is 0 Å². The first-order valence-corrected chi connectivity index (χ1v) is 4.42. The van der Waals surface area contributed by atoms with Gasteiger partial charge in [-0.1, -0.05) is 0 Å². The van der Waals surface area contributed by atoms with Crippen molar-refractivity contribution in [2.24, 2.45) is 11.5 Å². The zero-order valence-corrected chi connectivity index (χ0v) is 7.73. The van der Waals surface area contributed by atoms with Crippen LogP contribution in [0.5, 0.6) is 0 Å². The van der Waals surface area contributed by atoms with Crippen molar-refractivity contribution in [1.82, 2.24) is 10.6 Å². The van der Waals surface area contributed by atoms with Crippen LogP contribution in [-0.2, 0) is 16.0 Å². The summed E-state index contributed by atoms with van der Waals surface area (Å²) in [4.78, 5) is 0.162. The zero-order valence-electron chi connectivity index (χ0n) is 6.62. The molecule has 0 bridgehead atoms. The zero-order chi connectivity index (χ0) is 8.53. The van der Waals surface area contributed by atoms with Crippen molar-refractivity contribution in [3.05, 3.63) is 0 Å². The molecule has 0 aliphatic carbocycles. The van der Waals surface area contributed by atoms with Crippen molar-refractivity contribution in [3.63, 3.8) is 0 Å². The Hall–Kier alpha value is 0.359. The summed E-state index contributed by atoms with van der Waals surface area (Å²) in [6.45, 7) is 3.95. The maximum absolute atomic E-state index is 5.35. The molecule has 0 spiro atoms. The third-order valence-corrected chi connectivity index (χ3v) is 1.67. The average molecular weight is 201 g/mol. The molecule has 4 nitrogen and oxygen atoms in total. The van der Waals surface area contributed by atoms with E-state index in [2.05, 4.69) is 26.6 Å². The van der Waals surface area contributed by atoms with Crippen LogP contribution < -0.4 is 22.1 Å². The fourth-order valence-corrected chi connectivity index (χ4v) is 0.783. The molecule has 0 radical (unpaired) electrons. The number of rotatable bonds is 7. The summed E-state index contributed by atoms with van der Waals surface area (Å²) < 4.78 is 0. The molecule has 6 N–H and O–H groups in total. The molecule has 0 aromatic heterocycles. The van der Waals surface area contributed by atoms with E-state index in [1.54, 1.807) is 0 Å². The van der Waals surface area contributed by atoms with Crippen LogP contribution in [0.1, 0.15) is 0 Å². The van der Waals surface area contributed by atoms with Crippen molar-refractivity contribution in [2.45, 2.75) is 4.94 Å². The predicted octanol–water partition coefficient (Wildman–Crippen LogP) is -2.04. The van der Waals surface area contributed by atoms with E-state index in [0.717, 1.165) is 19.6 Å². The van der Waals surface area contributed by atoms with Gasteiger partial charge in [0.1, 0.15) is 0 Å². The second kappa shape index (κ2) is 8.46. The molecule has 1 atom stereocenters. The first kappa shape index (κ1) is 11.4. The Morgan fingerprint density at radius 3 is 2.45 bits per heavy atom. The predicted molar refractivity (Wildman–Crippen MR) is 42.8 cm³/mol. The third-order valence-electron chi connectivity index (χ3n) is 1.18. The Morgan fingerprint density at radius 1 is 1.18 bits per heavy atom. The summed E-state index contributed by atoms with van der Waals surface area (Å²) in [5.74, 6) is 0. The van der Waals surface area contributed by atoms with E-state index in [1.165, 1.54) is 0 Å². The molecule has 0 saturated heterocycles. The molecular formula is C6H17FeN4. The maximum atomic E-state index is 5.35. The van der Waals surface area contributed by atoms with Gasteiger partial charge in [-0.05, 0) is 0 Å². The van der Waals surface area contributed by atoms with Gasteiger partial charge in [-0.15, -0.1) is 0 Å². The molecule has 0 saturated carbocycles. The minimum absolute atomic E-state index is 0.162. The van der Waals surface area contributed by atoms with Crippen LogP contribution >= 0.6 is 0 Å². The van der Waals surface area contributed by atoms with Gasteiger partial charge in [0.25, 0.3) is 0 Å². The number of hydrogen-bond donors (Lipinski definition) is 4. The van der Waals surface area contributed by atoms with Crippen LogP contribution in [0.15, 0.2) is 0 Å². The van der Waals surface area contributed by atoms with Crippen molar-refractivity contribution in [3.8, 4) is 0 Å². The first-order chi connectivity index (χ1) is 5.31. The van der Waals surface area contributed by atoms with Crippen LogP contribution in [0.2, 0.25) is 0 Å². The molecule has 0 amide bonds. The van der Waals surface area contributed by atoms with Gasteiger partial charge < -0.3 is 0 Å². The number of nitrogens with one attached hydrogen (secondary N) is 2. The number of hydrogen-bond acceptors (Lipinski definition) is 4. The SMILES string of the molecule is NCCNCCN[CH]([Fe])CN. The molecule has 69 valence electrons. The van der Waals surface area contributed by atoms with Crippen molar-refractivity contribution >= 4 is 0 Å². The fraction of sp³-hybridized carbons (Fsp3) is 1.00. The van der Waals surface area contributed by atoms with Crippen LogP contribution in [0.3, 0.4) is 0 Å². The summed E-state index contributed by atoms with van der Waals surface area (Å²) in [5, 5.41) is 6.31. The molecule has 0 fully saturated rings. The first-order valence-electron chi connectivity index (χ1n) is 3.78. The third kappa shape index (κ3) is 8.26. The summed E-state index contributed by atoms with van der Waals surface area (Å²) in [6, 6.07) is 0. The molecular weight excluding hydrogens is 184 g/mol. The molecule has 0 rings (SSSR count). The average Bonchev–Trinajstić information content (AvgIpc) is 2.04. The van der Waals surface area contributed by atoms with Crippen molar-refractivity contribution in [1.29, 1.82) is 0 Å². The van der Waals surface area contributed by atoms with Gasteiger partial charge >= 0.3 is 75.8 Å². The molecule has 1 unspecified atom stereocenters. The Balaban J connectivity index is 2.89. The summed E-state index contributed by atoms with van der Waals surface area (Å²) in [7, 11) is 0. The van der Waals surface area contributed by atoms with Crippen LogP contribution in [0, 0.1) is 0 Å². The van der Waals surface area contributed by atoms with Crippen molar-refractivity contribution in [2.75, 3.05) is 32.7 Å². The standard InChI is InChI=1S/C6H17N4.Fe/c7-1-3-9-5-6-10-4-2-8;/h3,9-10H,1-2,4-8H2;. The normalized spacial score (nSPS) is 13.4. The van der Waals surface area contributed by atoms with Crippen LogP contribution in [-0.4, -0.2) is 37.7 Å². The summed E-state index contributed by atoms with van der Waals surface area (Å²) in [5.41, 5.74) is 10.6. The topological polar surface area (TPSA) is 76.1 Å². The van der Waals surface area contributed by atoms with Gasteiger partial charge in [-0.3, -0.25) is 0 Å². The quantitative estimate of drug-likeness (QED) is 0.282. The molecule has 0 aromatic rings. The van der Waals surface area contributed by atoms with E-state index in [9.17, 15) is 0 Å². The van der Waals surface area contributed by atoms with E-state index >= 15 is 0 Å². The van der Waals surface area contributed by atoms with Gasteiger partial charge in [0, 0.05) is 0 Å². The Labute approximate surface area is 76.3 Å². The Morgan fingerprint density at radius 2 is 1.91 bits per heavy atom. The second-order valence-electron chi connectivity index (χ2n) is 2.18. The van der Waals surface area contributed by atoms with E-state index in [0.29, 0.717) is 13.1 Å². The summed E-state index contributed by atoms with van der Waals surface area (Å²) in [6.07, 6.45) is 0. The molecule has 5 heteroatoms. The van der Waals surface area contributed by atoms with Crippen LogP contribution in [0.25, 0.3) is 0 Å². The number of nitrogens with two attached hydrogens (primary N) is 2. The minimum atomic E-state index is 0.162. The molecule has 11 heavy (non-hydrogen) atoms. The van der Waals surface area contributed by atoms with Gasteiger partial charge in [-0.2, -0.15) is 0 Å². The Bertz CT molecular complexity index is 81.0. The van der Waals surface area contributed by atoms with Crippen LogP contribution in [0.4, 0.5) is 0 Å². The monoisotopic (exact) mass is 201 g/mol. The molecule has 0 aliphatic heterocycles. The van der Waals surface area contributed by atoms with E-state index in [1.807, 2.05) is 0 Å². The second-order valence-corrected chi connectivity index (χ2v) is 2.95. The molecule has 0 aromatic carbocycles. The van der Waals surface area contributed by atoms with Gasteiger partial charge in [0.2, 0.25) is 0 Å². The summed E-state index contributed by atoms with van der Waals surface area (Å²) >= 11 is 3.79. The van der Waals surface area contributed by atoms with Crippen molar-refractivity contribution < 1.29 is 16.0 Å². The van der Waals surface area contributed by atoms with E-state index in [4.69, 9.17) is 11.5 Å². The fourth-order valence-electron chi connectivity index (χ4n) is 0.624. The molecule has 0 heterocycles. The van der Waals surface area contributed by atoms with Gasteiger partial charge in [0.15, 0.2) is 0 Å². The van der Waals surface area contributed by atoms with Gasteiger partial charge in [0.05, 0.1) is 0 Å². The van der Waals surface area contributed by atoms with E-state index < -0.39 is 0 Å². The van der Waals surface area contributed by atoms with E-state index in [-0.39, 0.29) is 4.94 Å². The Kier molecular flexibility index (Phi) is 8.73. The molecule has 0 aliphatic rings.